The second-order valence-corrected chi connectivity index (χ2v) is 35.1. The zero-order valence-corrected chi connectivity index (χ0v) is 72.8. The van der Waals surface area contributed by atoms with Crippen molar-refractivity contribution in [2.75, 3.05) is 47.5 Å². The van der Waals surface area contributed by atoms with Crippen molar-refractivity contribution in [1.82, 2.24) is 0 Å². The van der Waals surface area contributed by atoms with Gasteiger partial charge in [-0.25, -0.2) is 0 Å². The van der Waals surface area contributed by atoms with Crippen LogP contribution in [0.15, 0.2) is 48.6 Å². The van der Waals surface area contributed by atoms with Gasteiger partial charge in [0.1, 0.15) is 19.8 Å². The number of hydrogen-bond acceptors (Lipinski definition) is 8. The molecule has 106 heavy (non-hydrogen) atoms. The predicted molar refractivity (Wildman–Crippen MR) is 462 cm³/mol. The number of unbranched alkanes of at least 4 members (excludes halogenated alkanes) is 68. The van der Waals surface area contributed by atoms with Crippen LogP contribution in [-0.2, 0) is 32.7 Å². The van der Waals surface area contributed by atoms with E-state index in [0.717, 1.165) is 57.8 Å². The highest BCUT2D eigenvalue weighted by Gasteiger charge is 2.22. The van der Waals surface area contributed by atoms with E-state index in [-0.39, 0.29) is 32.0 Å². The summed E-state index contributed by atoms with van der Waals surface area (Å²) >= 11 is 0. The SMILES string of the molecule is CC/C=C\C/C=C\C/C=C\C/C=C\CCCCCCCCCCCCCCCCCCCCCCCCCCCCCCC(=O)OC(COC(=O)CCCCCCCCCCCCCCCCCCCCCCCCCCCCCCCCCCCCCCCCCCC)COP(=O)([O-])OCC[N+](C)(C)C. The van der Waals surface area contributed by atoms with Crippen molar-refractivity contribution in [3.05, 3.63) is 48.6 Å². The van der Waals surface area contributed by atoms with Crippen molar-refractivity contribution in [3.8, 4) is 0 Å². The van der Waals surface area contributed by atoms with Gasteiger partial charge in [0, 0.05) is 12.8 Å². The Morgan fingerprint density at radius 1 is 0.302 bits per heavy atom. The van der Waals surface area contributed by atoms with Crippen LogP contribution < -0.4 is 4.89 Å². The highest BCUT2D eigenvalue weighted by molar-refractivity contribution is 7.45. The number of esters is 2. The van der Waals surface area contributed by atoms with E-state index >= 15 is 0 Å². The molecule has 9 nitrogen and oxygen atoms in total. The molecule has 0 aliphatic heterocycles. The van der Waals surface area contributed by atoms with Gasteiger partial charge in [0.15, 0.2) is 6.10 Å². The van der Waals surface area contributed by atoms with Gasteiger partial charge in [-0.1, -0.05) is 486 Å². The molecule has 0 radical (unpaired) electrons. The van der Waals surface area contributed by atoms with Gasteiger partial charge in [-0.3, -0.25) is 14.2 Å². The summed E-state index contributed by atoms with van der Waals surface area (Å²) in [4.78, 5) is 38.3. The predicted octanol–water partition coefficient (Wildman–Crippen LogP) is 31.6. The van der Waals surface area contributed by atoms with Crippen molar-refractivity contribution in [3.63, 3.8) is 0 Å². The van der Waals surface area contributed by atoms with E-state index in [0.29, 0.717) is 17.4 Å². The summed E-state index contributed by atoms with van der Waals surface area (Å²) in [5, 5.41) is 0. The number of carbonyl (C=O) groups is 2. The number of phosphoric ester groups is 1. The van der Waals surface area contributed by atoms with Crippen LogP contribution in [0.3, 0.4) is 0 Å². The molecule has 0 amide bonds. The summed E-state index contributed by atoms with van der Waals surface area (Å²) in [5.41, 5.74) is 0. The summed E-state index contributed by atoms with van der Waals surface area (Å²) in [6.07, 6.45) is 118. The molecule has 10 heteroatoms. The average Bonchev–Trinajstić information content (AvgIpc) is 0.908. The van der Waals surface area contributed by atoms with Crippen molar-refractivity contribution in [2.45, 2.75) is 508 Å². The molecule has 0 rings (SSSR count). The Balaban J connectivity index is 3.80. The molecular weight excluding hydrogens is 1330 g/mol. The number of allylic oxidation sites excluding steroid dienone is 8. The smallest absolute Gasteiger partial charge is 0.306 e. The fourth-order valence-corrected chi connectivity index (χ4v) is 15.4. The van der Waals surface area contributed by atoms with Crippen LogP contribution in [-0.4, -0.2) is 70.0 Å². The first kappa shape index (κ1) is 104. The maximum absolute atomic E-state index is 12.9. The number of likely N-dealkylation sites (N-methyl/N-ethyl adjacent to an activating group) is 1. The van der Waals surface area contributed by atoms with E-state index in [9.17, 15) is 19.0 Å². The fraction of sp³-hybridized carbons (Fsp3) is 0.896. The molecule has 0 aliphatic carbocycles. The largest absolute Gasteiger partial charge is 0.756 e. The Kier molecular flexibility index (Phi) is 85.3. The van der Waals surface area contributed by atoms with E-state index in [1.165, 1.54) is 411 Å². The third kappa shape index (κ3) is 90.9. The highest BCUT2D eigenvalue weighted by atomic mass is 31.2. The minimum Gasteiger partial charge on any atom is -0.756 e. The topological polar surface area (TPSA) is 111 Å². The zero-order chi connectivity index (χ0) is 76.8. The van der Waals surface area contributed by atoms with Gasteiger partial charge >= 0.3 is 11.9 Å². The molecule has 0 saturated carbocycles. The normalized spacial score (nSPS) is 13.1. The molecular formula is C96H184NO8P. The molecule has 0 aromatic heterocycles. The highest BCUT2D eigenvalue weighted by Crippen LogP contribution is 2.38. The van der Waals surface area contributed by atoms with Crippen molar-refractivity contribution in [2.24, 2.45) is 0 Å². The third-order valence-electron chi connectivity index (χ3n) is 21.9. The van der Waals surface area contributed by atoms with Gasteiger partial charge in [-0.15, -0.1) is 0 Å². The monoisotopic (exact) mass is 1510 g/mol. The van der Waals surface area contributed by atoms with Crippen LogP contribution in [0.25, 0.3) is 0 Å². The minimum absolute atomic E-state index is 0.0266. The van der Waals surface area contributed by atoms with E-state index in [1.807, 2.05) is 21.1 Å². The summed E-state index contributed by atoms with van der Waals surface area (Å²) < 4.78 is 34.5. The molecule has 0 N–H and O–H groups in total. The number of ether oxygens (including phenoxy) is 2. The van der Waals surface area contributed by atoms with E-state index in [2.05, 4.69) is 62.5 Å². The molecule has 0 aromatic rings. The molecule has 2 unspecified atom stereocenters. The summed E-state index contributed by atoms with van der Waals surface area (Å²) in [5.74, 6) is -0.802. The molecule has 0 bridgehead atoms. The van der Waals surface area contributed by atoms with E-state index in [4.69, 9.17) is 18.5 Å². The van der Waals surface area contributed by atoms with E-state index < -0.39 is 26.5 Å². The maximum Gasteiger partial charge on any atom is 0.306 e. The molecule has 0 aromatic carbocycles. The summed E-state index contributed by atoms with van der Waals surface area (Å²) in [6, 6.07) is 0. The van der Waals surface area contributed by atoms with Gasteiger partial charge in [0.25, 0.3) is 7.82 Å². The molecule has 0 aliphatic rings. The molecule has 0 heterocycles. The van der Waals surface area contributed by atoms with Crippen LogP contribution in [0.1, 0.15) is 502 Å². The Bertz CT molecular complexity index is 1930. The lowest BCUT2D eigenvalue weighted by molar-refractivity contribution is -0.870. The van der Waals surface area contributed by atoms with Crippen LogP contribution in [0.2, 0.25) is 0 Å². The lowest BCUT2D eigenvalue weighted by Crippen LogP contribution is -2.37. The number of hydrogen-bond donors (Lipinski definition) is 0. The van der Waals surface area contributed by atoms with Gasteiger partial charge in [-0.05, 0) is 51.4 Å². The van der Waals surface area contributed by atoms with Crippen molar-refractivity contribution < 1.29 is 42.1 Å². The lowest BCUT2D eigenvalue weighted by Gasteiger charge is -2.28. The van der Waals surface area contributed by atoms with Crippen LogP contribution >= 0.6 is 7.82 Å². The number of phosphoric acid groups is 1. The Labute approximate surface area is 662 Å². The maximum atomic E-state index is 12.9. The molecule has 2 atom stereocenters. The Morgan fingerprint density at radius 3 is 0.802 bits per heavy atom. The number of nitrogens with zero attached hydrogens (tertiary/aromatic N) is 1. The first-order chi connectivity index (χ1) is 52.0. The van der Waals surface area contributed by atoms with Crippen LogP contribution in [0.5, 0.6) is 0 Å². The zero-order valence-electron chi connectivity index (χ0n) is 71.9. The molecule has 0 spiro atoms. The third-order valence-corrected chi connectivity index (χ3v) is 22.8. The Hall–Kier alpha value is -2.03. The standard InChI is InChI=1S/C96H184NO8P/c1-6-8-10-12-14-16-18-20-22-24-26-28-30-32-34-36-38-40-42-44-46-48-50-52-54-56-58-60-62-64-66-68-70-72-74-76-78-80-82-84-86-88-95(98)102-92-94(93-104-106(100,101)103-91-90-97(3,4)5)105-96(99)89-87-85-83-81-79-77-75-73-71-69-67-65-63-61-59-57-55-53-51-49-47-45-43-41-39-37-35-33-31-29-27-25-23-21-19-17-15-13-11-9-7-2/h9,11,15,17,21,23,27,29,94H,6-8,10,12-14,16,18-20,22,24-26,28,30-93H2,1-5H3/b11-9-,17-15-,23-21-,29-27-. The van der Waals surface area contributed by atoms with Crippen molar-refractivity contribution >= 4 is 19.8 Å². The summed E-state index contributed by atoms with van der Waals surface area (Å²) in [6.45, 7) is 4.23. The fourth-order valence-electron chi connectivity index (χ4n) is 14.7. The lowest BCUT2D eigenvalue weighted by atomic mass is 10.0. The average molecular weight is 1510 g/mol. The van der Waals surface area contributed by atoms with Crippen LogP contribution in [0, 0.1) is 0 Å². The van der Waals surface area contributed by atoms with Gasteiger partial charge < -0.3 is 27.9 Å². The van der Waals surface area contributed by atoms with Gasteiger partial charge in [-0.2, -0.15) is 0 Å². The Morgan fingerprint density at radius 2 is 0.538 bits per heavy atom. The van der Waals surface area contributed by atoms with E-state index in [1.54, 1.807) is 0 Å². The number of quaternary nitrogens is 1. The molecule has 0 fully saturated rings. The van der Waals surface area contributed by atoms with Crippen LogP contribution in [0.4, 0.5) is 0 Å². The number of rotatable bonds is 90. The van der Waals surface area contributed by atoms with Gasteiger partial charge in [0.05, 0.1) is 27.7 Å². The van der Waals surface area contributed by atoms with Gasteiger partial charge in [0.2, 0.25) is 0 Å². The minimum atomic E-state index is -4.65. The molecule has 626 valence electrons. The summed E-state index contributed by atoms with van der Waals surface area (Å²) in [7, 11) is 1.20. The second-order valence-electron chi connectivity index (χ2n) is 33.7. The second kappa shape index (κ2) is 86.9. The molecule has 0 saturated heterocycles. The first-order valence-corrected chi connectivity index (χ1v) is 48.8. The first-order valence-electron chi connectivity index (χ1n) is 47.3. The number of carbonyl (C=O) groups excluding carboxylic acids is 2. The quantitative estimate of drug-likeness (QED) is 0.0195. The van der Waals surface area contributed by atoms with Crippen molar-refractivity contribution in [1.29, 1.82) is 0 Å².